The third-order valence-electron chi connectivity index (χ3n) is 4.64. The summed E-state index contributed by atoms with van der Waals surface area (Å²) in [5, 5.41) is 8.76. The fourth-order valence-corrected chi connectivity index (χ4v) is 3.29. The molecular formula is C21H15F5N6O. The van der Waals surface area contributed by atoms with Gasteiger partial charge in [0.1, 0.15) is 35.4 Å². The summed E-state index contributed by atoms with van der Waals surface area (Å²) < 4.78 is 75.5. The number of aryl methyl sites for hydroxylation is 1. The standard InChI is InChI=1S/C21H15F5N6O/c1-3-6-33-15-9-12(22)8-13(23)16(15)19-18(28-10-32(19)2)14-7-11(4-5-27-14)17-20(21(24,25)26)30-31-29-17/h3-5,7-10H,1,6H2,2H3,(H,29,30,31). The first-order valence-electron chi connectivity index (χ1n) is 9.40. The second-order valence-corrected chi connectivity index (χ2v) is 6.86. The monoisotopic (exact) mass is 462 g/mol. The molecule has 4 rings (SSSR count). The third-order valence-corrected chi connectivity index (χ3v) is 4.64. The minimum Gasteiger partial charge on any atom is -0.489 e. The van der Waals surface area contributed by atoms with Crippen molar-refractivity contribution < 1.29 is 26.7 Å². The van der Waals surface area contributed by atoms with Gasteiger partial charge in [0.15, 0.2) is 5.69 Å². The fourth-order valence-electron chi connectivity index (χ4n) is 3.29. The van der Waals surface area contributed by atoms with E-state index in [9.17, 15) is 22.0 Å². The SMILES string of the molecule is C=CCOc1cc(F)cc(F)c1-c1c(-c2cc(-c3n[nH]nc3C(F)(F)F)ccn2)ncn1C. The maximum Gasteiger partial charge on any atom is 0.437 e. The average molecular weight is 462 g/mol. The number of nitrogens with one attached hydrogen (secondary N) is 1. The van der Waals surface area contributed by atoms with Crippen molar-refractivity contribution in [2.45, 2.75) is 6.18 Å². The van der Waals surface area contributed by atoms with Gasteiger partial charge in [0.05, 0.1) is 23.3 Å². The molecule has 0 saturated carbocycles. The van der Waals surface area contributed by atoms with Crippen LogP contribution in [0.4, 0.5) is 22.0 Å². The van der Waals surface area contributed by atoms with E-state index in [1.54, 1.807) is 7.05 Å². The average Bonchev–Trinajstić information content (AvgIpc) is 3.39. The summed E-state index contributed by atoms with van der Waals surface area (Å²) in [6, 6.07) is 4.37. The number of nitrogens with zero attached hydrogens (tertiary/aromatic N) is 5. The van der Waals surface area contributed by atoms with Crippen LogP contribution in [0.2, 0.25) is 0 Å². The van der Waals surface area contributed by atoms with Gasteiger partial charge in [-0.2, -0.15) is 28.6 Å². The third kappa shape index (κ3) is 4.19. The van der Waals surface area contributed by atoms with E-state index < -0.39 is 29.2 Å². The van der Waals surface area contributed by atoms with E-state index >= 15 is 0 Å². The summed E-state index contributed by atoms with van der Waals surface area (Å²) in [6.07, 6.45) is -0.668. The number of benzene rings is 1. The van der Waals surface area contributed by atoms with Crippen LogP contribution in [0.5, 0.6) is 5.75 Å². The number of aromatic nitrogens is 6. The fraction of sp³-hybridized carbons (Fsp3) is 0.143. The number of H-pyrrole nitrogens is 1. The molecule has 0 aliphatic rings. The summed E-state index contributed by atoms with van der Waals surface area (Å²) in [4.78, 5) is 8.42. The van der Waals surface area contributed by atoms with Crippen LogP contribution in [0.1, 0.15) is 5.69 Å². The van der Waals surface area contributed by atoms with Crippen molar-refractivity contribution in [3.63, 3.8) is 0 Å². The number of ether oxygens (including phenoxy) is 1. The van der Waals surface area contributed by atoms with E-state index in [0.29, 0.717) is 6.07 Å². The van der Waals surface area contributed by atoms with E-state index in [2.05, 4.69) is 26.7 Å². The van der Waals surface area contributed by atoms with Crippen molar-refractivity contribution in [3.05, 3.63) is 66.8 Å². The summed E-state index contributed by atoms with van der Waals surface area (Å²) in [6.45, 7) is 3.51. The van der Waals surface area contributed by atoms with E-state index in [0.717, 1.165) is 6.07 Å². The van der Waals surface area contributed by atoms with Crippen molar-refractivity contribution in [2.75, 3.05) is 6.61 Å². The maximum atomic E-state index is 14.9. The Balaban J connectivity index is 1.87. The van der Waals surface area contributed by atoms with Crippen molar-refractivity contribution in [3.8, 4) is 39.7 Å². The molecule has 1 aromatic carbocycles. The van der Waals surface area contributed by atoms with Gasteiger partial charge in [0, 0.05) is 30.9 Å². The van der Waals surface area contributed by atoms with Gasteiger partial charge in [-0.1, -0.05) is 12.7 Å². The van der Waals surface area contributed by atoms with Crippen molar-refractivity contribution >= 4 is 0 Å². The number of hydrogen-bond acceptors (Lipinski definition) is 5. The molecule has 170 valence electrons. The van der Waals surface area contributed by atoms with E-state index in [1.165, 1.54) is 35.3 Å². The highest BCUT2D eigenvalue weighted by molar-refractivity contribution is 5.82. The molecule has 12 heteroatoms. The number of halogens is 5. The van der Waals surface area contributed by atoms with Crippen LogP contribution in [0, 0.1) is 11.6 Å². The lowest BCUT2D eigenvalue weighted by Crippen LogP contribution is -2.07. The van der Waals surface area contributed by atoms with Gasteiger partial charge < -0.3 is 9.30 Å². The molecule has 3 aromatic heterocycles. The Kier molecular flexibility index (Phi) is 5.66. The Morgan fingerprint density at radius 3 is 2.64 bits per heavy atom. The maximum absolute atomic E-state index is 14.9. The Morgan fingerprint density at radius 2 is 1.91 bits per heavy atom. The molecule has 7 nitrogen and oxygen atoms in total. The smallest absolute Gasteiger partial charge is 0.437 e. The molecule has 0 fully saturated rings. The summed E-state index contributed by atoms with van der Waals surface area (Å²) >= 11 is 0. The van der Waals surface area contributed by atoms with Crippen LogP contribution in [0.25, 0.3) is 33.9 Å². The molecule has 0 radical (unpaired) electrons. The van der Waals surface area contributed by atoms with E-state index in [4.69, 9.17) is 4.74 Å². The molecule has 0 aliphatic carbocycles. The zero-order chi connectivity index (χ0) is 23.8. The largest absolute Gasteiger partial charge is 0.489 e. The minimum atomic E-state index is -4.73. The quantitative estimate of drug-likeness (QED) is 0.329. The van der Waals surface area contributed by atoms with Gasteiger partial charge in [-0.25, -0.2) is 13.8 Å². The van der Waals surface area contributed by atoms with Crippen LogP contribution in [-0.4, -0.2) is 36.6 Å². The number of rotatable bonds is 6. The lowest BCUT2D eigenvalue weighted by atomic mass is 10.0. The molecule has 0 atom stereocenters. The molecule has 3 heterocycles. The van der Waals surface area contributed by atoms with Crippen LogP contribution in [0.15, 0.2) is 49.4 Å². The molecule has 33 heavy (non-hydrogen) atoms. The Labute approximate surface area is 183 Å². The molecule has 0 aliphatic heterocycles. The Morgan fingerprint density at radius 1 is 1.12 bits per heavy atom. The number of pyridine rings is 1. The van der Waals surface area contributed by atoms with Gasteiger partial charge >= 0.3 is 6.18 Å². The molecule has 0 saturated heterocycles. The summed E-state index contributed by atoms with van der Waals surface area (Å²) in [5.74, 6) is -1.85. The van der Waals surface area contributed by atoms with E-state index in [1.807, 2.05) is 5.21 Å². The molecule has 0 bridgehead atoms. The molecule has 0 spiro atoms. The lowest BCUT2D eigenvalue weighted by Gasteiger charge is -2.14. The van der Waals surface area contributed by atoms with Crippen molar-refractivity contribution in [1.82, 2.24) is 29.9 Å². The zero-order valence-corrected chi connectivity index (χ0v) is 17.0. The Bertz CT molecular complexity index is 1330. The number of hydrogen-bond donors (Lipinski definition) is 1. The Hall–Kier alpha value is -4.09. The lowest BCUT2D eigenvalue weighted by molar-refractivity contribution is -0.140. The van der Waals surface area contributed by atoms with Crippen LogP contribution in [0.3, 0.4) is 0 Å². The van der Waals surface area contributed by atoms with Gasteiger partial charge in [0.25, 0.3) is 0 Å². The first-order valence-corrected chi connectivity index (χ1v) is 9.40. The van der Waals surface area contributed by atoms with E-state index in [-0.39, 0.29) is 40.6 Å². The second-order valence-electron chi connectivity index (χ2n) is 6.86. The van der Waals surface area contributed by atoms with Crippen LogP contribution in [-0.2, 0) is 13.2 Å². The van der Waals surface area contributed by atoms with Crippen LogP contribution < -0.4 is 4.74 Å². The first kappa shape index (κ1) is 22.1. The first-order chi connectivity index (χ1) is 15.7. The summed E-state index contributed by atoms with van der Waals surface area (Å²) in [5.41, 5.74) is -1.16. The number of alkyl halides is 3. The number of imidazole rings is 1. The van der Waals surface area contributed by atoms with Crippen LogP contribution >= 0.6 is 0 Å². The van der Waals surface area contributed by atoms with Gasteiger partial charge in [-0.3, -0.25) is 4.98 Å². The normalized spacial score (nSPS) is 11.6. The van der Waals surface area contributed by atoms with Crippen molar-refractivity contribution in [1.29, 1.82) is 0 Å². The number of aromatic amines is 1. The highest BCUT2D eigenvalue weighted by Gasteiger charge is 2.38. The molecule has 4 aromatic rings. The van der Waals surface area contributed by atoms with Gasteiger partial charge in [-0.15, -0.1) is 0 Å². The topological polar surface area (TPSA) is 81.5 Å². The highest BCUT2D eigenvalue weighted by Crippen LogP contribution is 2.40. The molecule has 0 amide bonds. The predicted molar refractivity (Wildman–Crippen MR) is 108 cm³/mol. The molecule has 0 unspecified atom stereocenters. The van der Waals surface area contributed by atoms with Gasteiger partial charge in [-0.05, 0) is 12.1 Å². The molecular weight excluding hydrogens is 447 g/mol. The van der Waals surface area contributed by atoms with Crippen molar-refractivity contribution in [2.24, 2.45) is 7.05 Å². The summed E-state index contributed by atoms with van der Waals surface area (Å²) in [7, 11) is 1.58. The second kappa shape index (κ2) is 8.45. The highest BCUT2D eigenvalue weighted by atomic mass is 19.4. The minimum absolute atomic E-state index is 0.0107. The molecule has 1 N–H and O–H groups in total. The van der Waals surface area contributed by atoms with Gasteiger partial charge in [0.2, 0.25) is 0 Å². The zero-order valence-electron chi connectivity index (χ0n) is 17.0. The predicted octanol–water partition coefficient (Wildman–Crippen LogP) is 4.80.